The Morgan fingerprint density at radius 1 is 1.47 bits per heavy atom. The third-order valence-corrected chi connectivity index (χ3v) is 4.15. The molecule has 5 heteroatoms. The Kier molecular flexibility index (Phi) is 3.21. The van der Waals surface area contributed by atoms with Gasteiger partial charge in [0.1, 0.15) is 5.01 Å². The van der Waals surface area contributed by atoms with Gasteiger partial charge in [0.15, 0.2) is 0 Å². The fourth-order valence-corrected chi connectivity index (χ4v) is 3.24. The van der Waals surface area contributed by atoms with Gasteiger partial charge in [0.25, 0.3) is 0 Å². The first-order chi connectivity index (χ1) is 9.24. The maximum absolute atomic E-state index is 11.0. The van der Waals surface area contributed by atoms with Gasteiger partial charge in [-0.3, -0.25) is 4.79 Å². The van der Waals surface area contributed by atoms with E-state index < -0.39 is 5.97 Å². The molecule has 1 aliphatic rings. The largest absolute Gasteiger partial charge is 0.481 e. The van der Waals surface area contributed by atoms with Gasteiger partial charge in [-0.2, -0.15) is 0 Å². The van der Waals surface area contributed by atoms with Crippen LogP contribution in [0.5, 0.6) is 0 Å². The maximum atomic E-state index is 11.0. The predicted octanol–water partition coefficient (Wildman–Crippen LogP) is 2.72. The lowest BCUT2D eigenvalue weighted by Crippen LogP contribution is -2.22. The standard InChI is InChI=1S/C14H14N2O2S/c17-14(18)7-10-8-16(9-13-15-5-6-19-13)12-4-2-1-3-11(10)12/h1-6,10H,7-9H2,(H,17,18). The number of thiazole rings is 1. The van der Waals surface area contributed by atoms with Gasteiger partial charge >= 0.3 is 5.97 Å². The van der Waals surface area contributed by atoms with Crippen LogP contribution in [-0.4, -0.2) is 22.6 Å². The normalized spacial score (nSPS) is 17.5. The first-order valence-electron chi connectivity index (χ1n) is 6.18. The van der Waals surface area contributed by atoms with Crippen molar-refractivity contribution < 1.29 is 9.90 Å². The van der Waals surface area contributed by atoms with Crippen molar-refractivity contribution in [2.75, 3.05) is 11.4 Å². The van der Waals surface area contributed by atoms with Crippen LogP contribution in [0.4, 0.5) is 5.69 Å². The van der Waals surface area contributed by atoms with Crippen molar-refractivity contribution in [3.05, 3.63) is 46.4 Å². The van der Waals surface area contributed by atoms with Crippen LogP contribution in [0.25, 0.3) is 0 Å². The molecule has 4 nitrogen and oxygen atoms in total. The third kappa shape index (κ3) is 2.46. The van der Waals surface area contributed by atoms with E-state index in [4.69, 9.17) is 5.11 Å². The number of para-hydroxylation sites is 1. The Bertz CT molecular complexity index is 583. The molecule has 3 rings (SSSR count). The van der Waals surface area contributed by atoms with Crippen molar-refractivity contribution in [3.8, 4) is 0 Å². The van der Waals surface area contributed by atoms with Crippen molar-refractivity contribution in [1.82, 2.24) is 4.98 Å². The number of rotatable bonds is 4. The number of fused-ring (bicyclic) bond motifs is 1. The van der Waals surface area contributed by atoms with E-state index in [-0.39, 0.29) is 12.3 Å². The number of hydrogen-bond donors (Lipinski definition) is 1. The van der Waals surface area contributed by atoms with Crippen LogP contribution in [0.2, 0.25) is 0 Å². The van der Waals surface area contributed by atoms with Crippen molar-refractivity contribution in [2.45, 2.75) is 18.9 Å². The van der Waals surface area contributed by atoms with E-state index in [2.05, 4.69) is 16.0 Å². The minimum Gasteiger partial charge on any atom is -0.481 e. The van der Waals surface area contributed by atoms with E-state index in [0.29, 0.717) is 0 Å². The SMILES string of the molecule is O=C(O)CC1CN(Cc2nccs2)c2ccccc21. The molecule has 0 aliphatic carbocycles. The van der Waals surface area contributed by atoms with Crippen molar-refractivity contribution in [3.63, 3.8) is 0 Å². The highest BCUT2D eigenvalue weighted by Gasteiger charge is 2.29. The zero-order valence-corrected chi connectivity index (χ0v) is 11.1. The van der Waals surface area contributed by atoms with Gasteiger partial charge in [-0.05, 0) is 11.6 Å². The first kappa shape index (κ1) is 12.2. The first-order valence-corrected chi connectivity index (χ1v) is 7.06. The molecule has 1 unspecified atom stereocenters. The second-order valence-corrected chi connectivity index (χ2v) is 5.64. The number of aliphatic carboxylic acids is 1. The van der Waals surface area contributed by atoms with Crippen LogP contribution in [-0.2, 0) is 11.3 Å². The van der Waals surface area contributed by atoms with Gasteiger partial charge in [-0.25, -0.2) is 4.98 Å². The van der Waals surface area contributed by atoms with Gasteiger partial charge < -0.3 is 10.0 Å². The quantitative estimate of drug-likeness (QED) is 0.931. The molecule has 0 amide bonds. The summed E-state index contributed by atoms with van der Waals surface area (Å²) in [6.07, 6.45) is 1.99. The summed E-state index contributed by atoms with van der Waals surface area (Å²) in [7, 11) is 0. The average Bonchev–Trinajstić information content (AvgIpc) is 2.99. The van der Waals surface area contributed by atoms with Gasteiger partial charge in [0, 0.05) is 29.7 Å². The molecule has 0 bridgehead atoms. The number of carbonyl (C=O) groups is 1. The van der Waals surface area contributed by atoms with E-state index in [0.717, 1.165) is 29.3 Å². The van der Waals surface area contributed by atoms with Crippen molar-refractivity contribution in [2.24, 2.45) is 0 Å². The van der Waals surface area contributed by atoms with Gasteiger partial charge in [-0.1, -0.05) is 18.2 Å². The molecule has 0 saturated carbocycles. The number of carboxylic acid groups (broad SMARTS) is 1. The maximum Gasteiger partial charge on any atom is 0.304 e. The van der Waals surface area contributed by atoms with E-state index in [1.807, 2.05) is 23.6 Å². The number of carboxylic acids is 1. The Labute approximate surface area is 115 Å². The summed E-state index contributed by atoms with van der Waals surface area (Å²) >= 11 is 1.63. The van der Waals surface area contributed by atoms with Crippen LogP contribution >= 0.6 is 11.3 Å². The van der Waals surface area contributed by atoms with Crippen LogP contribution in [0.15, 0.2) is 35.8 Å². The molecule has 1 aliphatic heterocycles. The second kappa shape index (κ2) is 5.01. The van der Waals surface area contributed by atoms with E-state index in [1.165, 1.54) is 0 Å². The molecule has 1 aromatic carbocycles. The van der Waals surface area contributed by atoms with Crippen LogP contribution in [0.1, 0.15) is 22.9 Å². The molecule has 0 saturated heterocycles. The summed E-state index contributed by atoms with van der Waals surface area (Å²) < 4.78 is 0. The molecule has 1 aromatic heterocycles. The molecule has 0 radical (unpaired) electrons. The topological polar surface area (TPSA) is 53.4 Å². The Balaban J connectivity index is 1.86. The van der Waals surface area contributed by atoms with Crippen LogP contribution in [0, 0.1) is 0 Å². The van der Waals surface area contributed by atoms with Crippen molar-refractivity contribution >= 4 is 23.0 Å². The Morgan fingerprint density at radius 3 is 3.05 bits per heavy atom. The fourth-order valence-electron chi connectivity index (χ4n) is 2.61. The Hall–Kier alpha value is -1.88. The van der Waals surface area contributed by atoms with Gasteiger partial charge in [0.2, 0.25) is 0 Å². The lowest BCUT2D eigenvalue weighted by molar-refractivity contribution is -0.137. The highest BCUT2D eigenvalue weighted by molar-refractivity contribution is 7.09. The van der Waals surface area contributed by atoms with Crippen LogP contribution in [0.3, 0.4) is 0 Å². The molecule has 1 atom stereocenters. The summed E-state index contributed by atoms with van der Waals surface area (Å²) in [5, 5.41) is 12.0. The molecular weight excluding hydrogens is 260 g/mol. The summed E-state index contributed by atoms with van der Waals surface area (Å²) in [5.41, 5.74) is 2.28. The minimum absolute atomic E-state index is 0.0775. The van der Waals surface area contributed by atoms with Crippen molar-refractivity contribution in [1.29, 1.82) is 0 Å². The highest BCUT2D eigenvalue weighted by Crippen LogP contribution is 2.38. The van der Waals surface area contributed by atoms with Crippen LogP contribution < -0.4 is 4.90 Å². The van der Waals surface area contributed by atoms with E-state index in [9.17, 15) is 4.79 Å². The summed E-state index contributed by atoms with van der Waals surface area (Å²) in [6, 6.07) is 8.06. The molecule has 1 N–H and O–H groups in total. The molecule has 2 heterocycles. The molecular formula is C14H14N2O2S. The minimum atomic E-state index is -0.740. The number of anilines is 1. The van der Waals surface area contributed by atoms with Gasteiger partial charge in [0.05, 0.1) is 13.0 Å². The average molecular weight is 274 g/mol. The lowest BCUT2D eigenvalue weighted by atomic mass is 9.98. The zero-order chi connectivity index (χ0) is 13.2. The summed E-state index contributed by atoms with van der Waals surface area (Å²) in [5.74, 6) is -0.662. The number of hydrogen-bond acceptors (Lipinski definition) is 4. The second-order valence-electron chi connectivity index (χ2n) is 4.66. The lowest BCUT2D eigenvalue weighted by Gasteiger charge is -2.18. The molecule has 0 spiro atoms. The monoisotopic (exact) mass is 274 g/mol. The molecule has 98 valence electrons. The van der Waals surface area contributed by atoms with Gasteiger partial charge in [-0.15, -0.1) is 11.3 Å². The molecule has 2 aromatic rings. The summed E-state index contributed by atoms with van der Waals surface area (Å²) in [4.78, 5) is 17.5. The highest BCUT2D eigenvalue weighted by atomic mass is 32.1. The molecule has 19 heavy (non-hydrogen) atoms. The predicted molar refractivity (Wildman–Crippen MR) is 74.6 cm³/mol. The third-order valence-electron chi connectivity index (χ3n) is 3.39. The summed E-state index contributed by atoms with van der Waals surface area (Å²) in [6.45, 7) is 1.51. The van der Waals surface area contributed by atoms with E-state index >= 15 is 0 Å². The fraction of sp³-hybridized carbons (Fsp3) is 0.286. The van der Waals surface area contributed by atoms with E-state index in [1.54, 1.807) is 17.5 Å². The number of aromatic nitrogens is 1. The Morgan fingerprint density at radius 2 is 2.32 bits per heavy atom. The zero-order valence-electron chi connectivity index (χ0n) is 10.3. The molecule has 0 fully saturated rings. The smallest absolute Gasteiger partial charge is 0.304 e. The number of benzene rings is 1. The number of nitrogens with zero attached hydrogens (tertiary/aromatic N) is 2.